The minimum atomic E-state index is -0.376. The molecule has 7 heteroatoms. The van der Waals surface area contributed by atoms with Gasteiger partial charge < -0.3 is 19.1 Å². The highest BCUT2D eigenvalue weighted by Crippen LogP contribution is 2.36. The van der Waals surface area contributed by atoms with E-state index in [2.05, 4.69) is 0 Å². The van der Waals surface area contributed by atoms with Crippen LogP contribution in [0.2, 0.25) is 0 Å². The Morgan fingerprint density at radius 1 is 1.30 bits per heavy atom. The molecule has 1 aromatic rings. The Bertz CT molecular complexity index is 618. The molecule has 1 saturated heterocycles. The number of hydrogen-bond acceptors (Lipinski definition) is 6. The second kappa shape index (κ2) is 6.45. The lowest BCUT2D eigenvalue weighted by atomic mass is 10.1. The predicted molar refractivity (Wildman–Crippen MR) is 82.6 cm³/mol. The molecule has 2 heterocycles. The molecule has 0 N–H and O–H groups in total. The number of nitrogens with zero attached hydrogens (tertiary/aromatic N) is 2. The van der Waals surface area contributed by atoms with Crippen molar-refractivity contribution < 1.29 is 23.8 Å². The van der Waals surface area contributed by atoms with Crippen molar-refractivity contribution in [3.8, 4) is 11.5 Å². The van der Waals surface area contributed by atoms with E-state index in [0.717, 1.165) is 5.69 Å². The summed E-state index contributed by atoms with van der Waals surface area (Å²) in [4.78, 5) is 27.8. The molecule has 1 atom stereocenters. The van der Waals surface area contributed by atoms with Crippen LogP contribution >= 0.6 is 0 Å². The van der Waals surface area contributed by atoms with E-state index in [4.69, 9.17) is 14.2 Å². The first-order valence-electron chi connectivity index (χ1n) is 7.71. The average molecular weight is 320 g/mol. The zero-order valence-electron chi connectivity index (χ0n) is 13.3. The fourth-order valence-electron chi connectivity index (χ4n) is 2.81. The van der Waals surface area contributed by atoms with Crippen LogP contribution in [-0.2, 0) is 14.3 Å². The zero-order chi connectivity index (χ0) is 16.4. The third kappa shape index (κ3) is 3.10. The van der Waals surface area contributed by atoms with Gasteiger partial charge in [0.15, 0.2) is 11.5 Å². The van der Waals surface area contributed by atoms with Crippen molar-refractivity contribution in [3.63, 3.8) is 0 Å². The average Bonchev–Trinajstić information content (AvgIpc) is 3.00. The number of anilines is 1. The second-order valence-corrected chi connectivity index (χ2v) is 5.48. The molecule has 3 rings (SSSR count). The smallest absolute Gasteiger partial charge is 0.320 e. The number of ether oxygens (including phenoxy) is 3. The van der Waals surface area contributed by atoms with E-state index >= 15 is 0 Å². The molecule has 0 aliphatic carbocycles. The predicted octanol–water partition coefficient (Wildman–Crippen LogP) is 1.02. The lowest BCUT2D eigenvalue weighted by molar-refractivity contribution is -0.145. The topological polar surface area (TPSA) is 68.3 Å². The Morgan fingerprint density at radius 3 is 2.87 bits per heavy atom. The Morgan fingerprint density at radius 2 is 2.09 bits per heavy atom. The highest BCUT2D eigenvalue weighted by atomic mass is 16.7. The molecular formula is C16H20N2O5. The highest BCUT2D eigenvalue weighted by molar-refractivity contribution is 5.98. The Kier molecular flexibility index (Phi) is 4.38. The fraction of sp³-hybridized carbons (Fsp3) is 0.500. The van der Waals surface area contributed by atoms with Crippen molar-refractivity contribution in [3.05, 3.63) is 18.2 Å². The molecule has 1 fully saturated rings. The fourth-order valence-corrected chi connectivity index (χ4v) is 2.81. The van der Waals surface area contributed by atoms with Gasteiger partial charge in [-0.1, -0.05) is 0 Å². The van der Waals surface area contributed by atoms with E-state index in [-0.39, 0.29) is 31.3 Å². The van der Waals surface area contributed by atoms with Crippen LogP contribution in [0.5, 0.6) is 11.5 Å². The maximum absolute atomic E-state index is 12.6. The first kappa shape index (κ1) is 15.6. The van der Waals surface area contributed by atoms with Crippen molar-refractivity contribution in [1.29, 1.82) is 0 Å². The van der Waals surface area contributed by atoms with Crippen LogP contribution in [0.4, 0.5) is 5.69 Å². The molecule has 0 spiro atoms. The number of piperazine rings is 1. The van der Waals surface area contributed by atoms with E-state index in [1.165, 1.54) is 0 Å². The summed E-state index contributed by atoms with van der Waals surface area (Å²) in [6.45, 7) is 5.39. The normalized spacial score (nSPS) is 20.7. The molecule has 0 saturated carbocycles. The summed E-state index contributed by atoms with van der Waals surface area (Å²) in [6.07, 6.45) is 0. The molecule has 23 heavy (non-hydrogen) atoms. The van der Waals surface area contributed by atoms with Crippen LogP contribution in [0, 0.1) is 0 Å². The standard InChI is InChI=1S/C16H20N2O5/c1-3-21-15(19)9-17-6-7-18(16(20)11(17)2)12-4-5-13-14(8-12)23-10-22-13/h4-5,8,11H,3,6-7,9-10H2,1-2H3. The van der Waals surface area contributed by atoms with Crippen molar-refractivity contribution >= 4 is 17.6 Å². The molecule has 1 amide bonds. The molecule has 2 aliphatic rings. The lowest BCUT2D eigenvalue weighted by Crippen LogP contribution is -2.57. The monoisotopic (exact) mass is 320 g/mol. The number of esters is 1. The molecule has 1 unspecified atom stereocenters. The molecule has 0 aromatic heterocycles. The van der Waals surface area contributed by atoms with E-state index in [9.17, 15) is 9.59 Å². The lowest BCUT2D eigenvalue weighted by Gasteiger charge is -2.38. The van der Waals surface area contributed by atoms with Crippen molar-refractivity contribution in [2.45, 2.75) is 19.9 Å². The van der Waals surface area contributed by atoms with Crippen molar-refractivity contribution in [2.24, 2.45) is 0 Å². The van der Waals surface area contributed by atoms with Gasteiger partial charge in [0.25, 0.3) is 0 Å². The Hall–Kier alpha value is -2.28. The van der Waals surface area contributed by atoms with E-state index in [1.807, 2.05) is 17.0 Å². The number of rotatable bonds is 4. The van der Waals surface area contributed by atoms with E-state index < -0.39 is 0 Å². The largest absolute Gasteiger partial charge is 0.465 e. The van der Waals surface area contributed by atoms with Gasteiger partial charge >= 0.3 is 5.97 Å². The van der Waals surface area contributed by atoms with Crippen LogP contribution in [0.25, 0.3) is 0 Å². The number of carbonyl (C=O) groups is 2. The molecule has 2 aliphatic heterocycles. The quantitative estimate of drug-likeness (QED) is 0.772. The van der Waals surface area contributed by atoms with Crippen LogP contribution in [-0.4, -0.2) is 55.9 Å². The van der Waals surface area contributed by atoms with Crippen LogP contribution in [0.1, 0.15) is 13.8 Å². The number of amides is 1. The second-order valence-electron chi connectivity index (χ2n) is 5.48. The van der Waals surface area contributed by atoms with Gasteiger partial charge in [-0.25, -0.2) is 0 Å². The van der Waals surface area contributed by atoms with Gasteiger partial charge in [-0.15, -0.1) is 0 Å². The van der Waals surface area contributed by atoms with Crippen LogP contribution in [0.3, 0.4) is 0 Å². The Labute approximate surface area is 134 Å². The number of carbonyl (C=O) groups excluding carboxylic acids is 2. The van der Waals surface area contributed by atoms with Gasteiger partial charge in [-0.3, -0.25) is 14.5 Å². The summed E-state index contributed by atoms with van der Waals surface area (Å²) in [5, 5.41) is 0. The van der Waals surface area contributed by atoms with Gasteiger partial charge in [0, 0.05) is 24.8 Å². The third-order valence-corrected chi connectivity index (χ3v) is 4.09. The molecule has 124 valence electrons. The number of benzene rings is 1. The van der Waals surface area contributed by atoms with Crippen LogP contribution < -0.4 is 14.4 Å². The minimum absolute atomic E-state index is 0.0422. The summed E-state index contributed by atoms with van der Waals surface area (Å²) in [5.41, 5.74) is 0.780. The maximum atomic E-state index is 12.6. The van der Waals surface area contributed by atoms with Crippen molar-refractivity contribution in [2.75, 3.05) is 37.9 Å². The molecule has 7 nitrogen and oxygen atoms in total. The number of fused-ring (bicyclic) bond motifs is 1. The molecule has 0 radical (unpaired) electrons. The molecule has 0 bridgehead atoms. The summed E-state index contributed by atoms with van der Waals surface area (Å²) in [7, 11) is 0. The Balaban J connectivity index is 1.70. The third-order valence-electron chi connectivity index (χ3n) is 4.09. The molecule has 1 aromatic carbocycles. The first-order valence-corrected chi connectivity index (χ1v) is 7.71. The van der Waals surface area contributed by atoms with Crippen molar-refractivity contribution in [1.82, 2.24) is 4.90 Å². The summed E-state index contributed by atoms with van der Waals surface area (Å²) in [6, 6.07) is 5.09. The van der Waals surface area contributed by atoms with Gasteiger partial charge in [0.05, 0.1) is 19.2 Å². The van der Waals surface area contributed by atoms with Gasteiger partial charge in [-0.2, -0.15) is 0 Å². The summed E-state index contributed by atoms with van der Waals surface area (Å²) >= 11 is 0. The zero-order valence-corrected chi connectivity index (χ0v) is 13.3. The van der Waals surface area contributed by atoms with Gasteiger partial charge in [0.1, 0.15) is 0 Å². The number of hydrogen-bond donors (Lipinski definition) is 0. The highest BCUT2D eigenvalue weighted by Gasteiger charge is 2.34. The SMILES string of the molecule is CCOC(=O)CN1CCN(c2ccc3c(c2)OCO3)C(=O)C1C. The molecular weight excluding hydrogens is 300 g/mol. The van der Waals surface area contributed by atoms with Crippen LogP contribution in [0.15, 0.2) is 18.2 Å². The first-order chi connectivity index (χ1) is 11.1. The van der Waals surface area contributed by atoms with Gasteiger partial charge in [-0.05, 0) is 26.0 Å². The maximum Gasteiger partial charge on any atom is 0.320 e. The minimum Gasteiger partial charge on any atom is -0.465 e. The van der Waals surface area contributed by atoms with E-state index in [1.54, 1.807) is 24.8 Å². The summed E-state index contributed by atoms with van der Waals surface area (Å²) < 4.78 is 15.6. The van der Waals surface area contributed by atoms with Gasteiger partial charge in [0.2, 0.25) is 12.7 Å². The summed E-state index contributed by atoms with van der Waals surface area (Å²) in [5.74, 6) is 0.996. The van der Waals surface area contributed by atoms with E-state index in [0.29, 0.717) is 31.2 Å².